The number of aliphatic carboxylic acids is 1. The molecular weight excluding hydrogens is 270 g/mol. The molecular formula is C15H23N3O3. The molecule has 4 atom stereocenters. The van der Waals surface area contributed by atoms with E-state index in [1.165, 1.54) is 12.8 Å². The van der Waals surface area contributed by atoms with Crippen molar-refractivity contribution in [3.05, 3.63) is 12.2 Å². The molecule has 3 rings (SSSR count). The van der Waals surface area contributed by atoms with E-state index in [9.17, 15) is 9.59 Å². The highest BCUT2D eigenvalue weighted by Crippen LogP contribution is 2.27. The zero-order valence-electron chi connectivity index (χ0n) is 12.1. The number of hydrogen-bond acceptors (Lipinski definition) is 3. The number of nitrogens with one attached hydrogen (secondary N) is 2. The topological polar surface area (TPSA) is 81.7 Å². The molecule has 0 aromatic rings. The van der Waals surface area contributed by atoms with Gasteiger partial charge in [-0.25, -0.2) is 4.79 Å². The Labute approximate surface area is 124 Å². The number of carbonyl (C=O) groups is 2. The lowest BCUT2D eigenvalue weighted by atomic mass is 9.99. The molecule has 116 valence electrons. The largest absolute Gasteiger partial charge is 0.481 e. The van der Waals surface area contributed by atoms with Crippen molar-refractivity contribution in [2.45, 2.75) is 50.2 Å². The third-order valence-corrected chi connectivity index (χ3v) is 4.89. The van der Waals surface area contributed by atoms with Crippen molar-refractivity contribution in [1.29, 1.82) is 0 Å². The lowest BCUT2D eigenvalue weighted by Crippen LogP contribution is -2.51. The van der Waals surface area contributed by atoms with E-state index in [0.29, 0.717) is 12.5 Å². The van der Waals surface area contributed by atoms with Crippen LogP contribution in [0.1, 0.15) is 32.1 Å². The fourth-order valence-electron chi connectivity index (χ4n) is 3.78. The van der Waals surface area contributed by atoms with Gasteiger partial charge in [0.05, 0.1) is 12.0 Å². The van der Waals surface area contributed by atoms with Crippen LogP contribution in [0.3, 0.4) is 0 Å². The summed E-state index contributed by atoms with van der Waals surface area (Å²) in [4.78, 5) is 25.4. The van der Waals surface area contributed by atoms with Crippen molar-refractivity contribution in [1.82, 2.24) is 15.5 Å². The molecule has 0 spiro atoms. The zero-order valence-corrected chi connectivity index (χ0v) is 12.1. The molecule has 0 aromatic heterocycles. The molecule has 0 bridgehead atoms. The fourth-order valence-corrected chi connectivity index (χ4v) is 3.78. The fraction of sp³-hybridized carbons (Fsp3) is 0.733. The van der Waals surface area contributed by atoms with Gasteiger partial charge in [-0.05, 0) is 32.2 Å². The van der Waals surface area contributed by atoms with Gasteiger partial charge in [0.2, 0.25) is 0 Å². The van der Waals surface area contributed by atoms with Crippen LogP contribution in [0.2, 0.25) is 0 Å². The van der Waals surface area contributed by atoms with Crippen LogP contribution in [-0.4, -0.2) is 53.2 Å². The molecule has 0 radical (unpaired) electrons. The molecule has 4 unspecified atom stereocenters. The molecule has 6 heteroatoms. The highest BCUT2D eigenvalue weighted by molar-refractivity contribution is 5.76. The average molecular weight is 293 g/mol. The third kappa shape index (κ3) is 3.20. The molecule has 2 amide bonds. The predicted molar refractivity (Wildman–Crippen MR) is 78.0 cm³/mol. The number of fused-ring (bicyclic) bond motifs is 1. The molecule has 1 aliphatic carbocycles. The third-order valence-electron chi connectivity index (χ3n) is 4.89. The number of nitrogens with zero attached hydrogens (tertiary/aromatic N) is 1. The number of carbonyl (C=O) groups excluding carboxylic acids is 1. The highest BCUT2D eigenvalue weighted by atomic mass is 16.4. The summed E-state index contributed by atoms with van der Waals surface area (Å²) in [5, 5.41) is 14.9. The lowest BCUT2D eigenvalue weighted by molar-refractivity contribution is -0.140. The molecule has 2 aliphatic heterocycles. The Morgan fingerprint density at radius 1 is 1.10 bits per heavy atom. The van der Waals surface area contributed by atoms with E-state index in [1.54, 1.807) is 12.2 Å². The standard InChI is InChI=1S/C15H23N3O3/c19-14(20)10-4-5-11(9-10)16-15(21)17-12-6-8-18-7-2-1-3-13(12)18/h4-5,10-13H,1-3,6-9H2,(H,19,20)(H2,16,17,21). The molecule has 2 saturated heterocycles. The normalized spacial score (nSPS) is 35.4. The van der Waals surface area contributed by atoms with Crippen molar-refractivity contribution in [3.8, 4) is 0 Å². The van der Waals surface area contributed by atoms with Crippen molar-refractivity contribution < 1.29 is 14.7 Å². The Hall–Kier alpha value is -1.56. The van der Waals surface area contributed by atoms with Gasteiger partial charge in [0.15, 0.2) is 0 Å². The van der Waals surface area contributed by atoms with Gasteiger partial charge in [0.1, 0.15) is 0 Å². The summed E-state index contributed by atoms with van der Waals surface area (Å²) in [5.74, 6) is -1.31. The lowest BCUT2D eigenvalue weighted by Gasteiger charge is -2.32. The molecule has 0 aromatic carbocycles. The average Bonchev–Trinajstić information content (AvgIpc) is 3.07. The maximum absolute atomic E-state index is 12.1. The SMILES string of the molecule is O=C(NC1C=CC(C(=O)O)C1)NC1CCN2CCCCC12. The predicted octanol–water partition coefficient (Wildman–Crippen LogP) is 0.942. The quantitative estimate of drug-likeness (QED) is 0.677. The van der Waals surface area contributed by atoms with Gasteiger partial charge in [-0.2, -0.15) is 0 Å². The van der Waals surface area contributed by atoms with Gasteiger partial charge < -0.3 is 15.7 Å². The second-order valence-corrected chi connectivity index (χ2v) is 6.28. The van der Waals surface area contributed by atoms with Crippen LogP contribution in [0.4, 0.5) is 4.79 Å². The number of rotatable bonds is 3. The first-order valence-corrected chi connectivity index (χ1v) is 7.85. The van der Waals surface area contributed by atoms with Crippen LogP contribution >= 0.6 is 0 Å². The van der Waals surface area contributed by atoms with Gasteiger partial charge in [0, 0.05) is 18.6 Å². The van der Waals surface area contributed by atoms with Gasteiger partial charge in [-0.3, -0.25) is 9.69 Å². The minimum Gasteiger partial charge on any atom is -0.481 e. The van der Waals surface area contributed by atoms with Gasteiger partial charge >= 0.3 is 12.0 Å². The monoisotopic (exact) mass is 293 g/mol. The van der Waals surface area contributed by atoms with E-state index in [0.717, 1.165) is 25.9 Å². The van der Waals surface area contributed by atoms with Gasteiger partial charge in [-0.1, -0.05) is 18.6 Å². The van der Waals surface area contributed by atoms with Gasteiger partial charge in [0.25, 0.3) is 0 Å². The maximum Gasteiger partial charge on any atom is 0.315 e. The van der Waals surface area contributed by atoms with Crippen LogP contribution in [-0.2, 0) is 4.79 Å². The minimum atomic E-state index is -0.829. The second kappa shape index (κ2) is 6.05. The Morgan fingerprint density at radius 2 is 1.95 bits per heavy atom. The van der Waals surface area contributed by atoms with E-state index in [4.69, 9.17) is 5.11 Å². The van der Waals surface area contributed by atoms with Gasteiger partial charge in [-0.15, -0.1) is 0 Å². The molecule has 2 fully saturated rings. The van der Waals surface area contributed by atoms with Crippen molar-refractivity contribution in [2.75, 3.05) is 13.1 Å². The van der Waals surface area contributed by atoms with E-state index >= 15 is 0 Å². The first kappa shape index (κ1) is 14.4. The van der Waals surface area contributed by atoms with Crippen LogP contribution in [0, 0.1) is 5.92 Å². The summed E-state index contributed by atoms with van der Waals surface area (Å²) in [5.41, 5.74) is 0. The van der Waals surface area contributed by atoms with E-state index in [-0.39, 0.29) is 18.1 Å². The van der Waals surface area contributed by atoms with Crippen LogP contribution in [0.5, 0.6) is 0 Å². The zero-order chi connectivity index (χ0) is 14.8. The van der Waals surface area contributed by atoms with E-state index in [2.05, 4.69) is 15.5 Å². The molecule has 21 heavy (non-hydrogen) atoms. The smallest absolute Gasteiger partial charge is 0.315 e. The summed E-state index contributed by atoms with van der Waals surface area (Å²) in [6.07, 6.45) is 8.56. The Kier molecular flexibility index (Phi) is 4.14. The Morgan fingerprint density at radius 3 is 2.71 bits per heavy atom. The number of carboxylic acids is 1. The van der Waals surface area contributed by atoms with Crippen LogP contribution in [0.15, 0.2) is 12.2 Å². The number of amides is 2. The Balaban J connectivity index is 1.47. The first-order valence-electron chi connectivity index (χ1n) is 7.85. The summed E-state index contributed by atoms with van der Waals surface area (Å²) >= 11 is 0. The highest BCUT2D eigenvalue weighted by Gasteiger charge is 2.36. The number of urea groups is 1. The molecule has 6 nitrogen and oxygen atoms in total. The maximum atomic E-state index is 12.1. The number of piperidine rings is 1. The number of carboxylic acid groups (broad SMARTS) is 1. The molecule has 3 N–H and O–H groups in total. The second-order valence-electron chi connectivity index (χ2n) is 6.28. The summed E-state index contributed by atoms with van der Waals surface area (Å²) in [6.45, 7) is 2.22. The summed E-state index contributed by atoms with van der Waals surface area (Å²) in [7, 11) is 0. The molecule has 2 heterocycles. The summed E-state index contributed by atoms with van der Waals surface area (Å²) in [6, 6.07) is 0.365. The van der Waals surface area contributed by atoms with Crippen molar-refractivity contribution >= 4 is 12.0 Å². The van der Waals surface area contributed by atoms with E-state index in [1.807, 2.05) is 0 Å². The van der Waals surface area contributed by atoms with E-state index < -0.39 is 11.9 Å². The van der Waals surface area contributed by atoms with Crippen molar-refractivity contribution in [3.63, 3.8) is 0 Å². The number of hydrogen-bond donors (Lipinski definition) is 3. The van der Waals surface area contributed by atoms with Crippen LogP contribution in [0.25, 0.3) is 0 Å². The molecule has 3 aliphatic rings. The first-order chi connectivity index (χ1) is 10.1. The Bertz CT molecular complexity index is 451. The van der Waals surface area contributed by atoms with Crippen LogP contribution < -0.4 is 10.6 Å². The minimum absolute atomic E-state index is 0.171. The molecule has 0 saturated carbocycles. The van der Waals surface area contributed by atoms with Crippen molar-refractivity contribution in [2.24, 2.45) is 5.92 Å². The summed E-state index contributed by atoms with van der Waals surface area (Å²) < 4.78 is 0.